The zero-order valence-corrected chi connectivity index (χ0v) is 26.1. The number of carbonyl (C=O) groups excluding carboxylic acids is 1. The molecule has 5 heteroatoms. The van der Waals surface area contributed by atoms with Crippen molar-refractivity contribution in [1.82, 2.24) is 0 Å². The second-order valence-corrected chi connectivity index (χ2v) is 11.7. The van der Waals surface area contributed by atoms with Crippen molar-refractivity contribution in [2.45, 2.75) is 56.6 Å². The summed E-state index contributed by atoms with van der Waals surface area (Å²) in [5, 5.41) is 0. The van der Waals surface area contributed by atoms with E-state index < -0.39 is 30.0 Å². The van der Waals surface area contributed by atoms with Crippen LogP contribution in [0.3, 0.4) is 0 Å². The Balaban J connectivity index is 1.36. The maximum Gasteiger partial charge on any atom is 0.143 e. The van der Waals surface area contributed by atoms with Crippen molar-refractivity contribution in [2.24, 2.45) is 0 Å². The molecule has 0 amide bonds. The summed E-state index contributed by atoms with van der Waals surface area (Å²) < 4.78 is 27.1. The number of carbonyl (C=O) groups is 1. The van der Waals surface area contributed by atoms with Crippen molar-refractivity contribution < 1.29 is 23.7 Å². The zero-order valence-electron chi connectivity index (χ0n) is 26.1. The largest absolute Gasteiger partial charge is 0.368 e. The molecule has 0 radical (unpaired) electrons. The van der Waals surface area contributed by atoms with Crippen LogP contribution in [0.25, 0.3) is 0 Å². The molecule has 1 saturated heterocycles. The van der Waals surface area contributed by atoms with Crippen molar-refractivity contribution in [3.8, 4) is 0 Å². The van der Waals surface area contributed by atoms with Gasteiger partial charge in [-0.25, -0.2) is 0 Å². The lowest BCUT2D eigenvalue weighted by Crippen LogP contribution is -2.42. The van der Waals surface area contributed by atoms with Gasteiger partial charge in [-0.15, -0.1) is 0 Å². The van der Waals surface area contributed by atoms with E-state index in [1.165, 1.54) is 0 Å². The Labute approximate surface area is 271 Å². The van der Waals surface area contributed by atoms with Crippen LogP contribution in [0.15, 0.2) is 152 Å². The molecule has 0 N–H and O–H groups in total. The Morgan fingerprint density at radius 3 is 1.33 bits per heavy atom. The van der Waals surface area contributed by atoms with Crippen LogP contribution < -0.4 is 0 Å². The van der Waals surface area contributed by atoms with Crippen LogP contribution in [-0.2, 0) is 42.6 Å². The van der Waals surface area contributed by atoms with Gasteiger partial charge >= 0.3 is 0 Å². The number of benzene rings is 5. The molecule has 1 fully saturated rings. The number of Topliss-reactive ketones (excluding diaryl/α,β-unsaturated/α-hetero) is 1. The van der Waals surface area contributed by atoms with E-state index in [0.717, 1.165) is 27.8 Å². The minimum Gasteiger partial charge on any atom is -0.368 e. The number of hydrogen-bond acceptors (Lipinski definition) is 5. The average Bonchev–Trinajstić information content (AvgIpc) is 3.43. The Bertz CT molecular complexity index is 1530. The zero-order chi connectivity index (χ0) is 31.6. The molecule has 0 spiro atoms. The Kier molecular flexibility index (Phi) is 10.5. The number of hydrogen-bond donors (Lipinski definition) is 0. The predicted molar refractivity (Wildman–Crippen MR) is 179 cm³/mol. The van der Waals surface area contributed by atoms with E-state index >= 15 is 0 Å². The second kappa shape index (κ2) is 15.3. The van der Waals surface area contributed by atoms with Crippen LogP contribution in [0.4, 0.5) is 0 Å². The maximum atomic E-state index is 12.5. The van der Waals surface area contributed by atoms with Gasteiger partial charge in [-0.3, -0.25) is 4.79 Å². The van der Waals surface area contributed by atoms with E-state index in [4.69, 9.17) is 18.9 Å². The number of rotatable bonds is 14. The summed E-state index contributed by atoms with van der Waals surface area (Å²) in [6.45, 7) is 2.55. The molecule has 6 rings (SSSR count). The van der Waals surface area contributed by atoms with Gasteiger partial charge in [-0.1, -0.05) is 152 Å². The Morgan fingerprint density at radius 1 is 0.565 bits per heavy atom. The third kappa shape index (κ3) is 7.35. The summed E-state index contributed by atoms with van der Waals surface area (Å²) in [4.78, 5) is 12.5. The first kappa shape index (κ1) is 31.6. The lowest BCUT2D eigenvalue weighted by molar-refractivity contribution is -0.123. The van der Waals surface area contributed by atoms with Crippen LogP contribution in [-0.4, -0.2) is 36.8 Å². The highest BCUT2D eigenvalue weighted by molar-refractivity contribution is 5.76. The van der Waals surface area contributed by atoms with Crippen molar-refractivity contribution in [1.29, 1.82) is 0 Å². The summed E-state index contributed by atoms with van der Waals surface area (Å²) >= 11 is 0. The molecule has 5 nitrogen and oxygen atoms in total. The molecule has 1 unspecified atom stereocenters. The van der Waals surface area contributed by atoms with Crippen LogP contribution in [0.5, 0.6) is 0 Å². The van der Waals surface area contributed by atoms with Gasteiger partial charge in [0.05, 0.1) is 25.9 Å². The van der Waals surface area contributed by atoms with Gasteiger partial charge in [0.1, 0.15) is 29.7 Å². The summed E-state index contributed by atoms with van der Waals surface area (Å²) in [5.41, 5.74) is 4.18. The summed E-state index contributed by atoms with van der Waals surface area (Å²) in [5.74, 6) is 0.0360. The minimum absolute atomic E-state index is 0.0360. The third-order valence-electron chi connectivity index (χ3n) is 8.47. The van der Waals surface area contributed by atoms with Gasteiger partial charge in [0, 0.05) is 6.42 Å². The molecule has 1 aliphatic heterocycles. The molecular formula is C41H40O5. The van der Waals surface area contributed by atoms with E-state index in [2.05, 4.69) is 36.4 Å². The standard InChI is InChI=1S/C41H40O5/c1-31(42)27-37-39(43-28-32-17-7-2-8-18-32)40(44-29-33-19-9-3-10-20-33)38(46-37)30-45-41(34-21-11-4-12-22-34,35-23-13-5-14-24-35)36-25-15-6-16-26-36/h2-26,37-40H,27-30H2,1H3/t37?,38-,39-,40-/m0/s1. The fourth-order valence-corrected chi connectivity index (χ4v) is 6.30. The molecule has 0 aromatic heterocycles. The van der Waals surface area contributed by atoms with Crippen LogP contribution in [0.2, 0.25) is 0 Å². The lowest BCUT2D eigenvalue weighted by Gasteiger charge is -2.37. The van der Waals surface area contributed by atoms with Crippen molar-refractivity contribution in [3.63, 3.8) is 0 Å². The highest BCUT2D eigenvalue weighted by atomic mass is 16.6. The summed E-state index contributed by atoms with van der Waals surface area (Å²) in [7, 11) is 0. The first-order chi connectivity index (χ1) is 22.6. The molecule has 1 heterocycles. The molecule has 5 aromatic rings. The topological polar surface area (TPSA) is 54.0 Å². The molecular weight excluding hydrogens is 572 g/mol. The Hall–Kier alpha value is -4.39. The van der Waals surface area contributed by atoms with Crippen LogP contribution in [0, 0.1) is 0 Å². The van der Waals surface area contributed by atoms with Gasteiger partial charge < -0.3 is 18.9 Å². The summed E-state index contributed by atoms with van der Waals surface area (Å²) in [6.07, 6.45) is -1.70. The quantitative estimate of drug-likeness (QED) is 0.119. The van der Waals surface area contributed by atoms with Gasteiger partial charge in [-0.2, -0.15) is 0 Å². The Morgan fingerprint density at radius 2 is 0.935 bits per heavy atom. The van der Waals surface area contributed by atoms with Gasteiger partial charge in [0.2, 0.25) is 0 Å². The first-order valence-electron chi connectivity index (χ1n) is 15.9. The molecule has 0 saturated carbocycles. The fraction of sp³-hybridized carbons (Fsp3) is 0.244. The molecule has 0 bridgehead atoms. The number of ether oxygens (including phenoxy) is 4. The normalized spacial score (nSPS) is 19.6. The highest BCUT2D eigenvalue weighted by Gasteiger charge is 2.48. The van der Waals surface area contributed by atoms with Gasteiger partial charge in [0.25, 0.3) is 0 Å². The molecule has 234 valence electrons. The molecule has 46 heavy (non-hydrogen) atoms. The minimum atomic E-state index is -0.920. The van der Waals surface area contributed by atoms with Gasteiger partial charge in [-0.05, 0) is 34.7 Å². The van der Waals surface area contributed by atoms with Crippen molar-refractivity contribution in [3.05, 3.63) is 179 Å². The number of ketones is 1. The predicted octanol–water partition coefficient (Wildman–Crippen LogP) is 7.91. The molecule has 5 aromatic carbocycles. The fourth-order valence-electron chi connectivity index (χ4n) is 6.30. The SMILES string of the molecule is CC(=O)CC1O[C@@H](COC(c2ccccc2)(c2ccccc2)c2ccccc2)[C@H](OCc2ccccc2)[C@H]1OCc1ccccc1. The smallest absolute Gasteiger partial charge is 0.143 e. The maximum absolute atomic E-state index is 12.5. The van der Waals surface area contributed by atoms with Crippen LogP contribution >= 0.6 is 0 Å². The van der Waals surface area contributed by atoms with E-state index in [0.29, 0.717) is 13.2 Å². The average molecular weight is 613 g/mol. The van der Waals surface area contributed by atoms with E-state index in [1.54, 1.807) is 6.92 Å². The molecule has 0 aliphatic carbocycles. The van der Waals surface area contributed by atoms with Crippen molar-refractivity contribution >= 4 is 5.78 Å². The van der Waals surface area contributed by atoms with E-state index in [-0.39, 0.29) is 18.8 Å². The third-order valence-corrected chi connectivity index (χ3v) is 8.47. The first-order valence-corrected chi connectivity index (χ1v) is 15.9. The van der Waals surface area contributed by atoms with Crippen LogP contribution in [0.1, 0.15) is 41.2 Å². The van der Waals surface area contributed by atoms with E-state index in [1.807, 2.05) is 115 Å². The lowest BCUT2D eigenvalue weighted by atomic mass is 9.80. The second-order valence-electron chi connectivity index (χ2n) is 11.7. The van der Waals surface area contributed by atoms with Gasteiger partial charge in [0.15, 0.2) is 0 Å². The highest BCUT2D eigenvalue weighted by Crippen LogP contribution is 2.42. The molecule has 4 atom stereocenters. The molecule has 1 aliphatic rings. The summed E-state index contributed by atoms with van der Waals surface area (Å²) in [6, 6.07) is 51.0. The monoisotopic (exact) mass is 612 g/mol. The van der Waals surface area contributed by atoms with Crippen molar-refractivity contribution in [2.75, 3.05) is 6.61 Å². The van der Waals surface area contributed by atoms with E-state index in [9.17, 15) is 4.79 Å².